The van der Waals surface area contributed by atoms with E-state index in [1.54, 1.807) is 0 Å². The molecule has 1 aliphatic rings. The number of hydrogen-bond acceptors (Lipinski definition) is 3. The summed E-state index contributed by atoms with van der Waals surface area (Å²) in [5.41, 5.74) is 0. The average molecular weight is 388 g/mol. The Morgan fingerprint density at radius 2 is 1.73 bits per heavy atom. The molecular formula is C16H25F5N2O3. The second-order valence-electron chi connectivity index (χ2n) is 6.61. The highest BCUT2D eigenvalue weighted by atomic mass is 19.4. The Balaban J connectivity index is 2.65. The predicted octanol–water partition coefficient (Wildman–Crippen LogP) is 2.53. The minimum Gasteiger partial charge on any atom is -0.376 e. The molecule has 0 heterocycles. The molecule has 0 aromatic carbocycles. The van der Waals surface area contributed by atoms with Gasteiger partial charge in [0.25, 0.3) is 11.8 Å². The number of hydrogen-bond donors (Lipinski definition) is 3. The summed E-state index contributed by atoms with van der Waals surface area (Å²) in [5, 5.41) is 12.8. The molecule has 5 nitrogen and oxygen atoms in total. The minimum atomic E-state index is -5.12. The number of alkyl halides is 5. The quantitative estimate of drug-likeness (QED) is 0.531. The SMILES string of the molecule is CCCCC(CNC(=O)C(O)C(F)(F)F)NC(=O)C(F)(F)C1CCCC1. The molecule has 152 valence electrons. The maximum Gasteiger partial charge on any atom is 0.423 e. The van der Waals surface area contributed by atoms with E-state index in [1.807, 2.05) is 12.2 Å². The Bertz CT molecular complexity index is 479. The number of aliphatic hydroxyl groups excluding tert-OH is 1. The maximum atomic E-state index is 14.2. The fourth-order valence-electron chi connectivity index (χ4n) is 2.90. The molecule has 1 aliphatic carbocycles. The van der Waals surface area contributed by atoms with Crippen molar-refractivity contribution in [2.45, 2.75) is 76.1 Å². The molecule has 2 unspecified atom stereocenters. The summed E-state index contributed by atoms with van der Waals surface area (Å²) < 4.78 is 65.3. The number of aliphatic hydroxyl groups is 1. The van der Waals surface area contributed by atoms with Crippen molar-refractivity contribution in [3.63, 3.8) is 0 Å². The predicted molar refractivity (Wildman–Crippen MR) is 83.4 cm³/mol. The van der Waals surface area contributed by atoms with Crippen molar-refractivity contribution >= 4 is 11.8 Å². The van der Waals surface area contributed by atoms with Crippen LogP contribution in [0.25, 0.3) is 0 Å². The van der Waals surface area contributed by atoms with Gasteiger partial charge in [-0.2, -0.15) is 22.0 Å². The van der Waals surface area contributed by atoms with Crippen LogP contribution in [0, 0.1) is 5.92 Å². The van der Waals surface area contributed by atoms with Gasteiger partial charge in [-0.25, -0.2) is 0 Å². The standard InChI is InChI=1S/C16H25F5N2O3/c1-2-3-8-11(9-22-13(25)12(24)16(19,20)21)23-14(26)15(17,18)10-6-4-5-7-10/h10-12,24H,2-9H2,1H3,(H,22,25)(H,23,26). The smallest absolute Gasteiger partial charge is 0.376 e. The molecule has 3 N–H and O–H groups in total. The monoisotopic (exact) mass is 388 g/mol. The number of carbonyl (C=O) groups excluding carboxylic acids is 2. The number of nitrogens with one attached hydrogen (secondary N) is 2. The van der Waals surface area contributed by atoms with Gasteiger partial charge in [-0.3, -0.25) is 9.59 Å². The first-order valence-corrected chi connectivity index (χ1v) is 8.71. The number of carbonyl (C=O) groups is 2. The van der Waals surface area contributed by atoms with Crippen molar-refractivity contribution in [2.75, 3.05) is 6.54 Å². The van der Waals surface area contributed by atoms with Crippen LogP contribution in [0.1, 0.15) is 51.9 Å². The number of unbranched alkanes of at least 4 members (excludes halogenated alkanes) is 1. The third-order valence-corrected chi connectivity index (χ3v) is 4.49. The molecular weight excluding hydrogens is 363 g/mol. The Morgan fingerprint density at radius 3 is 2.23 bits per heavy atom. The summed E-state index contributed by atoms with van der Waals surface area (Å²) in [7, 11) is 0. The summed E-state index contributed by atoms with van der Waals surface area (Å²) in [6.07, 6.45) is -5.18. The van der Waals surface area contributed by atoms with Crippen molar-refractivity contribution < 1.29 is 36.6 Å². The zero-order valence-electron chi connectivity index (χ0n) is 14.5. The van der Waals surface area contributed by atoms with E-state index in [0.29, 0.717) is 25.7 Å². The molecule has 2 amide bonds. The van der Waals surface area contributed by atoms with Crippen LogP contribution in [0.5, 0.6) is 0 Å². The molecule has 0 spiro atoms. The molecule has 1 fully saturated rings. The molecule has 0 aliphatic heterocycles. The van der Waals surface area contributed by atoms with Gasteiger partial charge in [0.1, 0.15) is 0 Å². The lowest BCUT2D eigenvalue weighted by Crippen LogP contribution is -2.53. The molecule has 0 aromatic rings. The fraction of sp³-hybridized carbons (Fsp3) is 0.875. The Morgan fingerprint density at radius 1 is 1.15 bits per heavy atom. The van der Waals surface area contributed by atoms with E-state index < -0.39 is 48.5 Å². The summed E-state index contributed by atoms with van der Waals surface area (Å²) in [6, 6.07) is -0.945. The number of amides is 2. The van der Waals surface area contributed by atoms with Crippen molar-refractivity contribution in [3.8, 4) is 0 Å². The lowest BCUT2D eigenvalue weighted by atomic mass is 9.98. The van der Waals surface area contributed by atoms with Gasteiger partial charge in [0.15, 0.2) is 0 Å². The third kappa shape index (κ3) is 6.37. The van der Waals surface area contributed by atoms with Crippen LogP contribution in [-0.4, -0.2) is 47.7 Å². The number of halogens is 5. The lowest BCUT2D eigenvalue weighted by molar-refractivity contribution is -0.205. The van der Waals surface area contributed by atoms with Crippen molar-refractivity contribution in [3.05, 3.63) is 0 Å². The molecule has 10 heteroatoms. The summed E-state index contributed by atoms with van der Waals surface area (Å²) >= 11 is 0. The van der Waals surface area contributed by atoms with Gasteiger partial charge < -0.3 is 15.7 Å². The van der Waals surface area contributed by atoms with Gasteiger partial charge in [0.2, 0.25) is 6.10 Å². The number of rotatable bonds is 9. The van der Waals surface area contributed by atoms with Crippen LogP contribution >= 0.6 is 0 Å². The highest BCUT2D eigenvalue weighted by Crippen LogP contribution is 2.38. The topological polar surface area (TPSA) is 78.4 Å². The van der Waals surface area contributed by atoms with E-state index in [4.69, 9.17) is 5.11 Å². The second-order valence-corrected chi connectivity index (χ2v) is 6.61. The highest BCUT2D eigenvalue weighted by molar-refractivity contribution is 5.84. The molecule has 26 heavy (non-hydrogen) atoms. The first-order chi connectivity index (χ1) is 12.0. The van der Waals surface area contributed by atoms with Gasteiger partial charge in [0.05, 0.1) is 0 Å². The van der Waals surface area contributed by atoms with Gasteiger partial charge in [-0.05, 0) is 19.3 Å². The van der Waals surface area contributed by atoms with Gasteiger partial charge >= 0.3 is 12.1 Å². The third-order valence-electron chi connectivity index (χ3n) is 4.49. The highest BCUT2D eigenvalue weighted by Gasteiger charge is 2.48. The average Bonchev–Trinajstić information content (AvgIpc) is 3.10. The zero-order chi connectivity index (χ0) is 20.0. The van der Waals surface area contributed by atoms with E-state index in [-0.39, 0.29) is 19.3 Å². The summed E-state index contributed by atoms with van der Waals surface area (Å²) in [6.45, 7) is 1.34. The molecule has 0 saturated heterocycles. The van der Waals surface area contributed by atoms with E-state index in [9.17, 15) is 31.5 Å². The van der Waals surface area contributed by atoms with E-state index >= 15 is 0 Å². The Hall–Kier alpha value is -1.45. The van der Waals surface area contributed by atoms with E-state index in [0.717, 1.165) is 0 Å². The first-order valence-electron chi connectivity index (χ1n) is 8.71. The zero-order valence-corrected chi connectivity index (χ0v) is 14.5. The summed E-state index contributed by atoms with van der Waals surface area (Å²) in [5.74, 6) is -7.76. The minimum absolute atomic E-state index is 0.214. The fourth-order valence-corrected chi connectivity index (χ4v) is 2.90. The Kier molecular flexibility index (Phi) is 8.23. The van der Waals surface area contributed by atoms with E-state index in [1.165, 1.54) is 0 Å². The molecule has 2 atom stereocenters. The Labute approximate surface area is 148 Å². The molecule has 0 aromatic heterocycles. The van der Waals surface area contributed by atoms with Crippen molar-refractivity contribution in [1.82, 2.24) is 10.6 Å². The first kappa shape index (κ1) is 22.6. The van der Waals surface area contributed by atoms with Crippen LogP contribution < -0.4 is 10.6 Å². The molecule has 0 radical (unpaired) electrons. The van der Waals surface area contributed by atoms with E-state index in [2.05, 4.69) is 5.32 Å². The molecule has 0 bridgehead atoms. The van der Waals surface area contributed by atoms with Crippen LogP contribution in [0.4, 0.5) is 22.0 Å². The van der Waals surface area contributed by atoms with Crippen LogP contribution in [0.15, 0.2) is 0 Å². The maximum absolute atomic E-state index is 14.2. The van der Waals surface area contributed by atoms with Crippen LogP contribution in [0.3, 0.4) is 0 Å². The molecule has 1 rings (SSSR count). The second kappa shape index (κ2) is 9.48. The van der Waals surface area contributed by atoms with Crippen LogP contribution in [-0.2, 0) is 9.59 Å². The molecule has 1 saturated carbocycles. The lowest BCUT2D eigenvalue weighted by Gasteiger charge is -2.26. The normalized spacial score (nSPS) is 18.4. The van der Waals surface area contributed by atoms with Gasteiger partial charge in [-0.1, -0.05) is 32.6 Å². The van der Waals surface area contributed by atoms with Gasteiger partial charge in [-0.15, -0.1) is 0 Å². The van der Waals surface area contributed by atoms with Gasteiger partial charge in [0, 0.05) is 18.5 Å². The van der Waals surface area contributed by atoms with Crippen molar-refractivity contribution in [1.29, 1.82) is 0 Å². The summed E-state index contributed by atoms with van der Waals surface area (Å²) in [4.78, 5) is 23.3. The van der Waals surface area contributed by atoms with Crippen molar-refractivity contribution in [2.24, 2.45) is 5.92 Å². The van der Waals surface area contributed by atoms with Crippen LogP contribution in [0.2, 0.25) is 0 Å². The largest absolute Gasteiger partial charge is 0.423 e.